The first-order valence-electron chi connectivity index (χ1n) is 24.2. The molecule has 0 spiro atoms. The fraction of sp³-hybridized carbons (Fsp3) is 0.696. The molecule has 1 fully saturated rings. The van der Waals surface area contributed by atoms with E-state index in [9.17, 15) is 33.6 Å². The SMILES string of the molecule is CCCCc1nc2c(N)nnc(OC(C)C)c2n1CC1CCC(NC(=O)[C@H](CCCNC(N)=O)NC(=O)[C@@H](NC(=O)CCOCCOCCOCCNC(=O)CCN2C(=O)C=CC2=O)C(C)C)CC1. The van der Waals surface area contributed by atoms with Crippen molar-refractivity contribution in [1.82, 2.24) is 51.2 Å². The first-order chi connectivity index (χ1) is 33.1. The van der Waals surface area contributed by atoms with Crippen molar-refractivity contribution in [3.05, 3.63) is 18.0 Å². The summed E-state index contributed by atoms with van der Waals surface area (Å²) in [6.45, 7) is 12.1. The number of imide groups is 1. The number of fused-ring (bicyclic) bond motifs is 1. The number of hydrogen-bond acceptors (Lipinski definition) is 15. The maximum absolute atomic E-state index is 13.9. The van der Waals surface area contributed by atoms with Crippen LogP contribution in [0.5, 0.6) is 5.88 Å². The molecule has 3 heterocycles. The zero-order valence-corrected chi connectivity index (χ0v) is 40.8. The number of carbonyl (C=O) groups excluding carboxylic acids is 7. The maximum Gasteiger partial charge on any atom is 0.312 e. The summed E-state index contributed by atoms with van der Waals surface area (Å²) in [5.74, 6) is -0.861. The number of primary amides is 1. The van der Waals surface area contributed by atoms with Crippen molar-refractivity contribution in [3.8, 4) is 5.88 Å². The minimum atomic E-state index is -0.933. The number of amides is 8. The molecule has 23 heteroatoms. The number of nitrogens with one attached hydrogen (secondary N) is 5. The number of nitrogen functional groups attached to an aromatic ring is 1. The van der Waals surface area contributed by atoms with E-state index in [-0.39, 0.29) is 120 Å². The second-order valence-corrected chi connectivity index (χ2v) is 17.9. The van der Waals surface area contributed by atoms with Gasteiger partial charge >= 0.3 is 6.03 Å². The van der Waals surface area contributed by atoms with Gasteiger partial charge in [-0.15, -0.1) is 10.2 Å². The maximum atomic E-state index is 13.9. The third-order valence-electron chi connectivity index (χ3n) is 11.6. The lowest BCUT2D eigenvalue weighted by molar-refractivity contribution is -0.137. The van der Waals surface area contributed by atoms with Gasteiger partial charge in [0.1, 0.15) is 28.9 Å². The van der Waals surface area contributed by atoms with Gasteiger partial charge in [0.05, 0.1) is 45.7 Å². The Hall–Kier alpha value is -5.94. The van der Waals surface area contributed by atoms with Gasteiger partial charge in [0, 0.05) is 63.6 Å². The van der Waals surface area contributed by atoms with Crippen molar-refractivity contribution in [2.24, 2.45) is 17.6 Å². The molecule has 9 N–H and O–H groups in total. The number of anilines is 1. The van der Waals surface area contributed by atoms with Crippen LogP contribution in [0, 0.1) is 11.8 Å². The van der Waals surface area contributed by atoms with E-state index in [1.807, 2.05) is 13.8 Å². The van der Waals surface area contributed by atoms with Crippen LogP contribution in [0.2, 0.25) is 0 Å². The molecule has 2 aliphatic rings. The van der Waals surface area contributed by atoms with Crippen LogP contribution in [-0.4, -0.2) is 150 Å². The topological polar surface area (TPSA) is 315 Å². The molecule has 4 rings (SSSR count). The second-order valence-electron chi connectivity index (χ2n) is 17.9. The molecule has 0 aromatic carbocycles. The molecular formula is C46H74N12O11. The number of nitrogens with zero attached hydrogens (tertiary/aromatic N) is 5. The second kappa shape index (κ2) is 29.2. The zero-order chi connectivity index (χ0) is 50.3. The highest BCUT2D eigenvalue weighted by molar-refractivity contribution is 6.13. The number of urea groups is 1. The molecule has 2 atom stereocenters. The Kier molecular flexibility index (Phi) is 23.5. The van der Waals surface area contributed by atoms with Gasteiger partial charge in [-0.3, -0.25) is 33.7 Å². The summed E-state index contributed by atoms with van der Waals surface area (Å²) >= 11 is 0. The molecule has 0 radical (unpaired) electrons. The number of ether oxygens (including phenoxy) is 4. The number of carbonyl (C=O) groups is 7. The smallest absolute Gasteiger partial charge is 0.312 e. The molecule has 0 saturated heterocycles. The van der Waals surface area contributed by atoms with Gasteiger partial charge in [-0.1, -0.05) is 27.2 Å². The molecule has 69 heavy (non-hydrogen) atoms. The number of hydrogen-bond donors (Lipinski definition) is 7. The Morgan fingerprint density at radius 2 is 1.46 bits per heavy atom. The molecule has 1 aliphatic carbocycles. The van der Waals surface area contributed by atoms with Gasteiger partial charge < -0.3 is 61.6 Å². The molecule has 1 saturated carbocycles. The largest absolute Gasteiger partial charge is 0.472 e. The van der Waals surface area contributed by atoms with Crippen molar-refractivity contribution in [2.45, 2.75) is 136 Å². The van der Waals surface area contributed by atoms with Crippen molar-refractivity contribution >= 4 is 58.3 Å². The summed E-state index contributed by atoms with van der Waals surface area (Å²) < 4.78 is 24.7. The predicted octanol–water partition coefficient (Wildman–Crippen LogP) is 1.16. The minimum Gasteiger partial charge on any atom is -0.472 e. The standard InChI is InChI=1S/C46H74N12O11/c1-6-7-10-34-53-40-41(45(69-30(4)5)56-55-42(40)47)58(34)28-31-11-13-32(14-12-31)51-43(63)33(9-8-19-50-46(48)65)52-44(64)39(29(2)3)54-36(60)18-22-66-24-26-68-27-25-67-23-20-49-35(59)17-21-57-37(61)15-16-38(57)62/h15-16,29-33,39H,6-14,17-28H2,1-5H3,(H2,47,55)(H,49,59)(H,51,63)(H,52,64)(H,54,60)(H3,48,50,65)/t31?,32?,33-,39-/m0/s1. The van der Waals surface area contributed by atoms with E-state index in [1.165, 1.54) is 12.2 Å². The average Bonchev–Trinajstić information content (AvgIpc) is 3.84. The van der Waals surface area contributed by atoms with Crippen LogP contribution < -0.4 is 42.8 Å². The molecule has 2 aromatic rings. The van der Waals surface area contributed by atoms with Crippen LogP contribution in [0.4, 0.5) is 10.6 Å². The minimum absolute atomic E-state index is 0.000582. The number of nitrogens with two attached hydrogens (primary N) is 2. The summed E-state index contributed by atoms with van der Waals surface area (Å²) in [5.41, 5.74) is 12.8. The molecule has 384 valence electrons. The van der Waals surface area contributed by atoms with E-state index < -0.39 is 41.7 Å². The van der Waals surface area contributed by atoms with Crippen LogP contribution >= 0.6 is 0 Å². The van der Waals surface area contributed by atoms with Crippen LogP contribution in [-0.2, 0) is 55.9 Å². The van der Waals surface area contributed by atoms with E-state index in [0.29, 0.717) is 24.4 Å². The molecule has 23 nitrogen and oxygen atoms in total. The quantitative estimate of drug-likeness (QED) is 0.0400. The first kappa shape index (κ1) is 55.7. The molecular weight excluding hydrogens is 897 g/mol. The first-order valence-corrected chi connectivity index (χ1v) is 24.2. The van der Waals surface area contributed by atoms with E-state index in [2.05, 4.69) is 48.3 Å². The van der Waals surface area contributed by atoms with Gasteiger partial charge in [-0.05, 0) is 70.6 Å². The lowest BCUT2D eigenvalue weighted by atomic mass is 9.85. The Bertz CT molecular complexity index is 2040. The normalized spacial score (nSPS) is 16.8. The average molecular weight is 971 g/mol. The fourth-order valence-corrected chi connectivity index (χ4v) is 7.91. The van der Waals surface area contributed by atoms with Crippen molar-refractivity contribution in [2.75, 3.05) is 65.0 Å². The Morgan fingerprint density at radius 3 is 2.10 bits per heavy atom. The van der Waals surface area contributed by atoms with Crippen LogP contribution in [0.3, 0.4) is 0 Å². The molecule has 8 amide bonds. The Morgan fingerprint density at radius 1 is 0.797 bits per heavy atom. The van der Waals surface area contributed by atoms with Crippen LogP contribution in [0.15, 0.2) is 12.2 Å². The number of rotatable bonds is 32. The summed E-state index contributed by atoms with van der Waals surface area (Å²) in [5, 5.41) is 22.4. The lowest BCUT2D eigenvalue weighted by Gasteiger charge is -2.31. The van der Waals surface area contributed by atoms with Gasteiger partial charge in [0.25, 0.3) is 17.7 Å². The van der Waals surface area contributed by atoms with Gasteiger partial charge in [-0.25, -0.2) is 9.78 Å². The molecule has 1 aliphatic heterocycles. The van der Waals surface area contributed by atoms with Crippen molar-refractivity contribution in [1.29, 1.82) is 0 Å². The highest BCUT2D eigenvalue weighted by Gasteiger charge is 2.32. The zero-order valence-electron chi connectivity index (χ0n) is 40.8. The van der Waals surface area contributed by atoms with Crippen molar-refractivity contribution in [3.63, 3.8) is 0 Å². The Labute approximate surface area is 403 Å². The monoisotopic (exact) mass is 971 g/mol. The van der Waals surface area contributed by atoms with E-state index in [4.69, 9.17) is 35.4 Å². The summed E-state index contributed by atoms with van der Waals surface area (Å²) in [4.78, 5) is 92.8. The van der Waals surface area contributed by atoms with E-state index >= 15 is 0 Å². The molecule has 0 bridgehead atoms. The highest BCUT2D eigenvalue weighted by Crippen LogP contribution is 2.33. The van der Waals surface area contributed by atoms with Gasteiger partial charge in [0.15, 0.2) is 5.82 Å². The van der Waals surface area contributed by atoms with Crippen LogP contribution in [0.1, 0.15) is 105 Å². The third-order valence-corrected chi connectivity index (χ3v) is 11.6. The molecule has 0 unspecified atom stereocenters. The number of imidazole rings is 1. The van der Waals surface area contributed by atoms with Crippen molar-refractivity contribution < 1.29 is 52.5 Å². The van der Waals surface area contributed by atoms with Gasteiger partial charge in [0.2, 0.25) is 23.6 Å². The highest BCUT2D eigenvalue weighted by atomic mass is 16.5. The van der Waals surface area contributed by atoms with Gasteiger partial charge in [-0.2, -0.15) is 0 Å². The third kappa shape index (κ3) is 18.8. The number of aromatic nitrogens is 4. The number of aryl methyl sites for hydroxylation is 1. The molecule has 2 aromatic heterocycles. The van der Waals surface area contributed by atoms with Crippen LogP contribution in [0.25, 0.3) is 11.0 Å². The van der Waals surface area contributed by atoms with E-state index in [1.54, 1.807) is 13.8 Å². The summed E-state index contributed by atoms with van der Waals surface area (Å²) in [6, 6.07) is -2.67. The Balaban J connectivity index is 1.18. The fourth-order valence-electron chi connectivity index (χ4n) is 7.91. The number of unbranched alkanes of at least 4 members (excludes halogenated alkanes) is 1. The summed E-state index contributed by atoms with van der Waals surface area (Å²) in [7, 11) is 0. The van der Waals surface area contributed by atoms with E-state index in [0.717, 1.165) is 61.2 Å². The lowest BCUT2D eigenvalue weighted by Crippen LogP contribution is -2.56. The predicted molar refractivity (Wildman–Crippen MR) is 254 cm³/mol. The summed E-state index contributed by atoms with van der Waals surface area (Å²) in [6.07, 6.45) is 8.66.